The van der Waals surface area contributed by atoms with Gasteiger partial charge in [-0.1, -0.05) is 27.5 Å². The second-order valence-corrected chi connectivity index (χ2v) is 5.61. The van der Waals surface area contributed by atoms with Crippen LogP contribution in [0.5, 0.6) is 0 Å². The molecule has 0 spiro atoms. The van der Waals surface area contributed by atoms with E-state index in [-0.39, 0.29) is 23.4 Å². The van der Waals surface area contributed by atoms with E-state index in [0.717, 1.165) is 4.47 Å². The van der Waals surface area contributed by atoms with Gasteiger partial charge in [-0.2, -0.15) is 0 Å². The van der Waals surface area contributed by atoms with Gasteiger partial charge >= 0.3 is 11.9 Å². The van der Waals surface area contributed by atoms with Crippen LogP contribution in [0.1, 0.15) is 23.2 Å². The Bertz CT molecular complexity index is 578. The van der Waals surface area contributed by atoms with Crippen LogP contribution in [0.4, 0.5) is 0 Å². The highest BCUT2D eigenvalue weighted by atomic mass is 79.9. The molecule has 0 bridgehead atoms. The lowest BCUT2D eigenvalue weighted by atomic mass is 10.1. The number of benzene rings is 1. The third-order valence-electron chi connectivity index (χ3n) is 2.83. The average Bonchev–Trinajstić information content (AvgIpc) is 2.49. The van der Waals surface area contributed by atoms with Gasteiger partial charge in [0.15, 0.2) is 0 Å². The van der Waals surface area contributed by atoms with Crippen molar-refractivity contribution in [2.75, 3.05) is 14.2 Å². The highest BCUT2D eigenvalue weighted by Gasteiger charge is 2.24. The minimum Gasteiger partial charge on any atom is -0.469 e. The minimum absolute atomic E-state index is 0.0232. The molecule has 120 valence electrons. The fraction of sp³-hybridized carbons (Fsp3) is 0.357. The number of esters is 2. The largest absolute Gasteiger partial charge is 0.469 e. The van der Waals surface area contributed by atoms with Crippen molar-refractivity contribution in [2.45, 2.75) is 18.9 Å². The molecule has 0 fully saturated rings. The van der Waals surface area contributed by atoms with Crippen LogP contribution in [0.2, 0.25) is 5.02 Å². The zero-order chi connectivity index (χ0) is 16.7. The van der Waals surface area contributed by atoms with Crippen LogP contribution in [0.15, 0.2) is 22.7 Å². The number of methoxy groups -OCH3 is 2. The lowest BCUT2D eigenvalue weighted by Gasteiger charge is -2.16. The van der Waals surface area contributed by atoms with Gasteiger partial charge in [-0.05, 0) is 24.6 Å². The summed E-state index contributed by atoms with van der Waals surface area (Å²) in [7, 11) is 2.45. The monoisotopic (exact) mass is 391 g/mol. The Labute approximate surface area is 141 Å². The fourth-order valence-corrected chi connectivity index (χ4v) is 2.42. The van der Waals surface area contributed by atoms with Gasteiger partial charge in [0.25, 0.3) is 5.91 Å². The molecule has 1 aromatic carbocycles. The van der Waals surface area contributed by atoms with E-state index in [9.17, 15) is 14.4 Å². The van der Waals surface area contributed by atoms with Gasteiger partial charge in [-0.25, -0.2) is 4.79 Å². The van der Waals surface area contributed by atoms with E-state index in [1.165, 1.54) is 20.3 Å². The normalized spacial score (nSPS) is 11.5. The fourth-order valence-electron chi connectivity index (χ4n) is 1.67. The standard InChI is InChI=1S/C14H15BrClNO5/c1-21-12(18)6-5-11(14(20)22-2)17-13(19)9-4-3-8(15)7-10(9)16/h3-4,7,11H,5-6H2,1-2H3,(H,17,19)/t11-/m0/s1. The Hall–Kier alpha value is -1.60. The molecule has 0 heterocycles. The SMILES string of the molecule is COC(=O)CC[C@H](NC(=O)c1ccc(Br)cc1Cl)C(=O)OC. The van der Waals surface area contributed by atoms with E-state index in [4.69, 9.17) is 11.6 Å². The molecule has 0 aromatic heterocycles. The van der Waals surface area contributed by atoms with Gasteiger partial charge in [-0.15, -0.1) is 0 Å². The van der Waals surface area contributed by atoms with Crippen LogP contribution < -0.4 is 5.32 Å². The topological polar surface area (TPSA) is 81.7 Å². The summed E-state index contributed by atoms with van der Waals surface area (Å²) >= 11 is 9.23. The molecule has 1 aromatic rings. The molecule has 22 heavy (non-hydrogen) atoms. The van der Waals surface area contributed by atoms with Crippen molar-refractivity contribution in [3.8, 4) is 0 Å². The van der Waals surface area contributed by atoms with Crippen LogP contribution in [0, 0.1) is 0 Å². The van der Waals surface area contributed by atoms with Gasteiger partial charge in [0, 0.05) is 10.9 Å². The molecule has 1 rings (SSSR count). The predicted octanol–water partition coefficient (Wildman–Crippen LogP) is 2.33. The predicted molar refractivity (Wildman–Crippen MR) is 83.7 cm³/mol. The summed E-state index contributed by atoms with van der Waals surface area (Å²) in [4.78, 5) is 35.0. The zero-order valence-electron chi connectivity index (χ0n) is 12.0. The molecular formula is C14H15BrClNO5. The van der Waals surface area contributed by atoms with Crippen molar-refractivity contribution < 1.29 is 23.9 Å². The molecule has 0 saturated carbocycles. The number of halogens is 2. The molecule has 0 aliphatic rings. The van der Waals surface area contributed by atoms with E-state index in [1.807, 2.05) is 0 Å². The summed E-state index contributed by atoms with van der Waals surface area (Å²) in [5, 5.41) is 2.74. The molecule has 8 heteroatoms. The van der Waals surface area contributed by atoms with Gasteiger partial charge in [0.2, 0.25) is 0 Å². The van der Waals surface area contributed by atoms with E-state index in [1.54, 1.807) is 12.1 Å². The highest BCUT2D eigenvalue weighted by Crippen LogP contribution is 2.21. The minimum atomic E-state index is -0.962. The maximum Gasteiger partial charge on any atom is 0.328 e. The third kappa shape index (κ3) is 5.31. The first-order valence-electron chi connectivity index (χ1n) is 6.29. The molecule has 1 amide bonds. The van der Waals surface area contributed by atoms with Gasteiger partial charge in [0.1, 0.15) is 6.04 Å². The molecule has 0 unspecified atom stereocenters. The van der Waals surface area contributed by atoms with Crippen molar-refractivity contribution in [1.82, 2.24) is 5.32 Å². The number of nitrogens with one attached hydrogen (secondary N) is 1. The average molecular weight is 393 g/mol. The van der Waals surface area contributed by atoms with Crippen LogP contribution in [0.3, 0.4) is 0 Å². The van der Waals surface area contributed by atoms with Crippen molar-refractivity contribution >= 4 is 45.4 Å². The summed E-state index contributed by atoms with van der Waals surface area (Å²) in [5.41, 5.74) is 0.219. The summed E-state index contributed by atoms with van der Waals surface area (Å²) in [6.07, 6.45) is 0.0455. The van der Waals surface area contributed by atoms with E-state index in [0.29, 0.717) is 0 Å². The van der Waals surface area contributed by atoms with Crippen molar-refractivity contribution in [3.63, 3.8) is 0 Å². The smallest absolute Gasteiger partial charge is 0.328 e. The van der Waals surface area contributed by atoms with Crippen LogP contribution in [0.25, 0.3) is 0 Å². The number of hydrogen-bond acceptors (Lipinski definition) is 5. The van der Waals surface area contributed by atoms with Crippen molar-refractivity contribution in [2.24, 2.45) is 0 Å². The summed E-state index contributed by atoms with van der Waals surface area (Å²) < 4.78 is 9.85. The van der Waals surface area contributed by atoms with Crippen molar-refractivity contribution in [1.29, 1.82) is 0 Å². The zero-order valence-corrected chi connectivity index (χ0v) is 14.4. The van der Waals surface area contributed by atoms with Gasteiger partial charge in [-0.3, -0.25) is 9.59 Å². The van der Waals surface area contributed by atoms with Gasteiger partial charge in [0.05, 0.1) is 24.8 Å². The Morgan fingerprint density at radius 1 is 1.27 bits per heavy atom. The molecule has 1 atom stereocenters. The highest BCUT2D eigenvalue weighted by molar-refractivity contribution is 9.10. The maximum absolute atomic E-state index is 12.2. The first-order chi connectivity index (χ1) is 10.4. The number of ether oxygens (including phenoxy) is 2. The lowest BCUT2D eigenvalue weighted by Crippen LogP contribution is -2.42. The summed E-state index contributed by atoms with van der Waals surface area (Å²) in [6, 6.07) is 3.79. The third-order valence-corrected chi connectivity index (χ3v) is 3.64. The van der Waals surface area contributed by atoms with Crippen LogP contribution in [-0.4, -0.2) is 38.1 Å². The number of rotatable bonds is 6. The maximum atomic E-state index is 12.2. The Balaban J connectivity index is 2.81. The Morgan fingerprint density at radius 3 is 2.50 bits per heavy atom. The summed E-state index contributed by atoms with van der Waals surface area (Å²) in [6.45, 7) is 0. The van der Waals surface area contributed by atoms with E-state index >= 15 is 0 Å². The van der Waals surface area contributed by atoms with Crippen molar-refractivity contribution in [3.05, 3.63) is 33.3 Å². The Morgan fingerprint density at radius 2 is 1.95 bits per heavy atom. The molecular weight excluding hydrogens is 378 g/mol. The lowest BCUT2D eigenvalue weighted by molar-refractivity contribution is -0.144. The van der Waals surface area contributed by atoms with E-state index < -0.39 is 23.9 Å². The molecule has 0 saturated heterocycles. The second-order valence-electron chi connectivity index (χ2n) is 4.29. The quantitative estimate of drug-likeness (QED) is 0.751. The molecule has 1 N–H and O–H groups in total. The summed E-state index contributed by atoms with van der Waals surface area (Å²) in [5.74, 6) is -1.66. The van der Waals surface area contributed by atoms with Crippen LogP contribution in [-0.2, 0) is 19.1 Å². The van der Waals surface area contributed by atoms with Crippen LogP contribution >= 0.6 is 27.5 Å². The number of hydrogen-bond donors (Lipinski definition) is 1. The first-order valence-corrected chi connectivity index (χ1v) is 7.46. The second kappa shape index (κ2) is 8.75. The molecule has 6 nitrogen and oxygen atoms in total. The molecule has 0 aliphatic carbocycles. The molecule has 0 radical (unpaired) electrons. The number of carbonyl (C=O) groups is 3. The Kier molecular flexibility index (Phi) is 7.34. The first kappa shape index (κ1) is 18.4. The number of carbonyl (C=O) groups excluding carboxylic acids is 3. The molecule has 0 aliphatic heterocycles. The van der Waals surface area contributed by atoms with Gasteiger partial charge < -0.3 is 14.8 Å². The number of amides is 1. The van der Waals surface area contributed by atoms with E-state index in [2.05, 4.69) is 30.7 Å².